The molecule has 3 aromatic rings. The van der Waals surface area contributed by atoms with Crippen molar-refractivity contribution >= 4 is 17.6 Å². The number of alkyl halides is 6. The minimum atomic E-state index is -5.05. The average molecular weight is 611 g/mol. The van der Waals surface area contributed by atoms with Gasteiger partial charge in [-0.15, -0.1) is 0 Å². The van der Waals surface area contributed by atoms with Gasteiger partial charge in [-0.3, -0.25) is 9.69 Å². The first kappa shape index (κ1) is 31.6. The predicted octanol–water partition coefficient (Wildman–Crippen LogP) is 7.07. The summed E-state index contributed by atoms with van der Waals surface area (Å²) in [5.74, 6) is -1.11. The number of carbonyl (C=O) groups is 2. The highest BCUT2D eigenvalue weighted by molar-refractivity contribution is 5.95. The zero-order valence-corrected chi connectivity index (χ0v) is 23.2. The Morgan fingerprint density at radius 3 is 2.09 bits per heavy atom. The zero-order valence-electron chi connectivity index (χ0n) is 23.2. The maximum absolute atomic E-state index is 14.1. The summed E-state index contributed by atoms with van der Waals surface area (Å²) in [6.45, 7) is 1.11. The lowest BCUT2D eigenvalue weighted by atomic mass is 9.85. The molecule has 1 unspecified atom stereocenters. The van der Waals surface area contributed by atoms with Crippen molar-refractivity contribution in [3.63, 3.8) is 0 Å². The SMILES string of the molecule is Cc1cc(F)ccc1C1(NC(=O)c2ccc(N)cc2)CCCCN1C(=O)N(C)Cc1cc(C(F)(F)F)cc(C(F)(F)F)c1. The van der Waals surface area contributed by atoms with Crippen LogP contribution in [0.4, 0.5) is 41.2 Å². The first-order valence-corrected chi connectivity index (χ1v) is 13.3. The monoisotopic (exact) mass is 610 g/mol. The molecule has 43 heavy (non-hydrogen) atoms. The third kappa shape index (κ3) is 6.86. The summed E-state index contributed by atoms with van der Waals surface area (Å²) < 4.78 is 94.7. The lowest BCUT2D eigenvalue weighted by Gasteiger charge is -2.49. The Bertz CT molecular complexity index is 1470. The molecule has 0 radical (unpaired) electrons. The molecule has 1 atom stereocenters. The molecule has 1 aliphatic rings. The number of halogens is 7. The first-order chi connectivity index (χ1) is 20.0. The number of nitrogens with zero attached hydrogens (tertiary/aromatic N) is 2. The van der Waals surface area contributed by atoms with Crippen LogP contribution < -0.4 is 11.1 Å². The average Bonchev–Trinajstić information content (AvgIpc) is 2.92. The second-order valence-electron chi connectivity index (χ2n) is 10.6. The van der Waals surface area contributed by atoms with Crippen molar-refractivity contribution in [3.05, 3.63) is 99.9 Å². The third-order valence-electron chi connectivity index (χ3n) is 7.38. The molecule has 1 saturated heterocycles. The lowest BCUT2D eigenvalue weighted by Crippen LogP contribution is -2.64. The van der Waals surface area contributed by atoms with Crippen molar-refractivity contribution in [2.75, 3.05) is 19.3 Å². The number of benzene rings is 3. The Morgan fingerprint density at radius 1 is 0.930 bits per heavy atom. The van der Waals surface area contributed by atoms with E-state index in [1.54, 1.807) is 6.92 Å². The summed E-state index contributed by atoms with van der Waals surface area (Å²) in [6.07, 6.45) is -8.84. The molecule has 230 valence electrons. The number of amides is 3. The Morgan fingerprint density at radius 2 is 1.53 bits per heavy atom. The number of nitrogens with two attached hydrogens (primary N) is 1. The molecule has 6 nitrogen and oxygen atoms in total. The minimum absolute atomic E-state index is 0.0189. The number of aryl methyl sites for hydroxylation is 1. The molecule has 0 saturated carbocycles. The van der Waals surface area contributed by atoms with Crippen LogP contribution >= 0.6 is 0 Å². The van der Waals surface area contributed by atoms with Gasteiger partial charge >= 0.3 is 18.4 Å². The van der Waals surface area contributed by atoms with Gasteiger partial charge in [-0.1, -0.05) is 6.07 Å². The van der Waals surface area contributed by atoms with Crippen LogP contribution in [0.3, 0.4) is 0 Å². The minimum Gasteiger partial charge on any atom is -0.399 e. The first-order valence-electron chi connectivity index (χ1n) is 13.3. The van der Waals surface area contributed by atoms with Gasteiger partial charge in [0.25, 0.3) is 5.91 Å². The number of anilines is 1. The number of nitrogen functional groups attached to an aromatic ring is 1. The molecule has 3 amide bonds. The number of urea groups is 1. The molecule has 0 aliphatic carbocycles. The van der Waals surface area contributed by atoms with Crippen LogP contribution in [-0.2, 0) is 24.6 Å². The van der Waals surface area contributed by atoms with Gasteiger partial charge in [0.15, 0.2) is 0 Å². The predicted molar refractivity (Wildman–Crippen MR) is 145 cm³/mol. The second kappa shape index (κ2) is 11.8. The molecule has 3 N–H and O–H groups in total. The Balaban J connectivity index is 1.74. The summed E-state index contributed by atoms with van der Waals surface area (Å²) in [4.78, 5) is 29.8. The van der Waals surface area contributed by atoms with E-state index in [1.807, 2.05) is 0 Å². The van der Waals surface area contributed by atoms with Crippen LogP contribution in [0.15, 0.2) is 60.7 Å². The molecular formula is C30H29F7N4O2. The van der Waals surface area contributed by atoms with Crippen LogP contribution in [0.5, 0.6) is 0 Å². The Kier molecular flexibility index (Phi) is 8.66. The fourth-order valence-corrected chi connectivity index (χ4v) is 5.36. The molecule has 1 aliphatic heterocycles. The van der Waals surface area contributed by atoms with Crippen LogP contribution in [0.1, 0.15) is 57.4 Å². The van der Waals surface area contributed by atoms with E-state index in [0.29, 0.717) is 41.8 Å². The van der Waals surface area contributed by atoms with Gasteiger partial charge in [-0.25, -0.2) is 9.18 Å². The van der Waals surface area contributed by atoms with E-state index in [4.69, 9.17) is 5.73 Å². The molecule has 3 aromatic carbocycles. The third-order valence-corrected chi connectivity index (χ3v) is 7.38. The lowest BCUT2D eigenvalue weighted by molar-refractivity contribution is -0.143. The topological polar surface area (TPSA) is 78.7 Å². The summed E-state index contributed by atoms with van der Waals surface area (Å²) in [7, 11) is 1.24. The number of hydrogen-bond acceptors (Lipinski definition) is 3. The van der Waals surface area contributed by atoms with Gasteiger partial charge in [-0.2, -0.15) is 26.3 Å². The van der Waals surface area contributed by atoms with Crippen molar-refractivity contribution < 1.29 is 40.3 Å². The van der Waals surface area contributed by atoms with Crippen molar-refractivity contribution in [1.29, 1.82) is 0 Å². The van der Waals surface area contributed by atoms with Crippen LogP contribution in [0.2, 0.25) is 0 Å². The normalized spacial score (nSPS) is 17.5. The standard InChI is InChI=1S/C30H29F7N4O2/c1-18-13-23(31)7-10-25(18)28(39-26(42)20-5-8-24(38)9-6-20)11-3-4-12-41(28)27(43)40(2)17-19-14-21(29(32,33)34)16-22(15-19)30(35,36)37/h5-10,13-16H,3-4,11-12,17,38H2,1-2H3,(H,39,42). The van der Waals surface area contributed by atoms with E-state index in [1.165, 1.54) is 54.4 Å². The fraction of sp³-hybridized carbons (Fsp3) is 0.333. The summed E-state index contributed by atoms with van der Waals surface area (Å²) in [5, 5.41) is 2.93. The van der Waals surface area contributed by atoms with Crippen LogP contribution in [0.25, 0.3) is 0 Å². The second-order valence-corrected chi connectivity index (χ2v) is 10.6. The number of hydrogen-bond donors (Lipinski definition) is 2. The number of piperidine rings is 1. The highest BCUT2D eigenvalue weighted by atomic mass is 19.4. The Labute approximate surface area is 243 Å². The zero-order chi connectivity index (χ0) is 31.7. The summed E-state index contributed by atoms with van der Waals surface area (Å²) in [5.41, 5.74) is 2.33. The van der Waals surface area contributed by atoms with Gasteiger partial charge in [0.1, 0.15) is 11.5 Å². The van der Waals surface area contributed by atoms with Crippen molar-refractivity contribution in [1.82, 2.24) is 15.1 Å². The smallest absolute Gasteiger partial charge is 0.399 e. The van der Waals surface area contributed by atoms with Gasteiger partial charge in [0.05, 0.1) is 11.1 Å². The van der Waals surface area contributed by atoms with Gasteiger partial charge < -0.3 is 16.0 Å². The van der Waals surface area contributed by atoms with E-state index in [0.717, 1.165) is 4.90 Å². The highest BCUT2D eigenvalue weighted by Gasteiger charge is 2.46. The van der Waals surface area contributed by atoms with Crippen molar-refractivity contribution in [2.24, 2.45) is 0 Å². The van der Waals surface area contributed by atoms with E-state index < -0.39 is 53.4 Å². The molecule has 13 heteroatoms. The van der Waals surface area contributed by atoms with E-state index in [9.17, 15) is 40.3 Å². The molecule has 1 heterocycles. The van der Waals surface area contributed by atoms with E-state index >= 15 is 0 Å². The molecule has 0 spiro atoms. The largest absolute Gasteiger partial charge is 0.416 e. The van der Waals surface area contributed by atoms with Crippen molar-refractivity contribution in [2.45, 2.75) is 50.7 Å². The molecule has 0 bridgehead atoms. The number of rotatable bonds is 5. The maximum Gasteiger partial charge on any atom is 0.416 e. The molecule has 4 rings (SSSR count). The highest BCUT2D eigenvalue weighted by Crippen LogP contribution is 2.40. The van der Waals surface area contributed by atoms with Crippen LogP contribution in [-0.4, -0.2) is 35.3 Å². The number of nitrogens with one attached hydrogen (secondary N) is 1. The maximum atomic E-state index is 14.1. The molecular weight excluding hydrogens is 581 g/mol. The van der Waals surface area contributed by atoms with E-state index in [2.05, 4.69) is 5.32 Å². The van der Waals surface area contributed by atoms with E-state index in [-0.39, 0.29) is 30.2 Å². The summed E-state index contributed by atoms with van der Waals surface area (Å²) in [6, 6.07) is 10.3. The fourth-order valence-electron chi connectivity index (χ4n) is 5.36. The van der Waals surface area contributed by atoms with Gasteiger partial charge in [-0.05, 0) is 91.9 Å². The van der Waals surface area contributed by atoms with Gasteiger partial charge in [0.2, 0.25) is 0 Å². The van der Waals surface area contributed by atoms with Crippen LogP contribution in [0, 0.1) is 12.7 Å². The number of likely N-dealkylation sites (tertiary alicyclic amines) is 1. The Hall–Kier alpha value is -4.29. The molecule has 0 aromatic heterocycles. The van der Waals surface area contributed by atoms with Gasteiger partial charge in [0, 0.05) is 37.0 Å². The van der Waals surface area contributed by atoms with Crippen molar-refractivity contribution in [3.8, 4) is 0 Å². The number of carbonyl (C=O) groups excluding carboxylic acids is 2. The summed E-state index contributed by atoms with van der Waals surface area (Å²) >= 11 is 0. The quantitative estimate of drug-likeness (QED) is 0.240. The molecule has 1 fully saturated rings.